The van der Waals surface area contributed by atoms with Gasteiger partial charge < -0.3 is 4.74 Å². The average molecular weight is 234 g/mol. The van der Waals surface area contributed by atoms with Crippen LogP contribution >= 0.6 is 0 Å². The Morgan fingerprint density at radius 1 is 1.06 bits per heavy atom. The number of hydrogen-bond donors (Lipinski definition) is 0. The molecule has 0 spiro atoms. The van der Waals surface area contributed by atoms with E-state index in [1.54, 1.807) is 31.2 Å². The molecular weight excluding hydrogens is 222 g/mol. The Morgan fingerprint density at radius 3 is 2.59 bits per heavy atom. The fourth-order valence-electron chi connectivity index (χ4n) is 1.50. The van der Waals surface area contributed by atoms with Gasteiger partial charge in [0.05, 0.1) is 0 Å². The van der Waals surface area contributed by atoms with Crippen LogP contribution in [0.3, 0.4) is 0 Å². The molecule has 0 radical (unpaired) electrons. The molecule has 0 aliphatic rings. The standard InChI is InChI=1S/C14H12F2O/c1-10-7-13(5-6-14(10)16)17-9-11-3-2-4-12(15)8-11/h2-8H,9H2,1H3. The van der Waals surface area contributed by atoms with Crippen LogP contribution in [0.15, 0.2) is 42.5 Å². The van der Waals surface area contributed by atoms with Crippen molar-refractivity contribution in [2.45, 2.75) is 13.5 Å². The summed E-state index contributed by atoms with van der Waals surface area (Å²) in [6.07, 6.45) is 0. The molecule has 0 unspecified atom stereocenters. The first-order valence-electron chi connectivity index (χ1n) is 5.28. The number of ether oxygens (including phenoxy) is 1. The van der Waals surface area contributed by atoms with Crippen LogP contribution in [0.4, 0.5) is 8.78 Å². The second-order valence-electron chi connectivity index (χ2n) is 3.83. The van der Waals surface area contributed by atoms with Crippen molar-refractivity contribution in [1.29, 1.82) is 0 Å². The number of halogens is 2. The summed E-state index contributed by atoms with van der Waals surface area (Å²) in [5.74, 6) is 0.0256. The molecule has 17 heavy (non-hydrogen) atoms. The van der Waals surface area contributed by atoms with Gasteiger partial charge in [-0.2, -0.15) is 0 Å². The summed E-state index contributed by atoms with van der Waals surface area (Å²) in [5, 5.41) is 0. The fourth-order valence-corrected chi connectivity index (χ4v) is 1.50. The summed E-state index contributed by atoms with van der Waals surface area (Å²) in [5.41, 5.74) is 1.27. The van der Waals surface area contributed by atoms with Crippen LogP contribution in [0.25, 0.3) is 0 Å². The molecule has 1 nitrogen and oxygen atoms in total. The number of aryl methyl sites for hydroxylation is 1. The quantitative estimate of drug-likeness (QED) is 0.783. The first kappa shape index (κ1) is 11.6. The van der Waals surface area contributed by atoms with E-state index in [0.717, 1.165) is 5.56 Å². The first-order chi connectivity index (χ1) is 8.15. The summed E-state index contributed by atoms with van der Waals surface area (Å²) in [6, 6.07) is 10.7. The zero-order valence-electron chi connectivity index (χ0n) is 9.41. The lowest BCUT2D eigenvalue weighted by molar-refractivity contribution is 0.305. The second kappa shape index (κ2) is 4.95. The van der Waals surface area contributed by atoms with Crippen molar-refractivity contribution in [3.63, 3.8) is 0 Å². The van der Waals surface area contributed by atoms with Gasteiger partial charge in [0.15, 0.2) is 0 Å². The molecule has 0 amide bonds. The zero-order chi connectivity index (χ0) is 12.3. The minimum atomic E-state index is -0.290. The Morgan fingerprint density at radius 2 is 1.88 bits per heavy atom. The van der Waals surface area contributed by atoms with Crippen molar-refractivity contribution in [3.8, 4) is 5.75 Å². The average Bonchev–Trinajstić information content (AvgIpc) is 2.31. The largest absolute Gasteiger partial charge is 0.489 e. The molecule has 0 aliphatic carbocycles. The Hall–Kier alpha value is -1.90. The number of rotatable bonds is 3. The molecule has 2 rings (SSSR count). The molecule has 0 aromatic heterocycles. The van der Waals surface area contributed by atoms with Gasteiger partial charge >= 0.3 is 0 Å². The fraction of sp³-hybridized carbons (Fsp3) is 0.143. The monoisotopic (exact) mass is 234 g/mol. The topological polar surface area (TPSA) is 9.23 Å². The van der Waals surface area contributed by atoms with Crippen LogP contribution in [0.1, 0.15) is 11.1 Å². The molecule has 0 saturated carbocycles. The second-order valence-corrected chi connectivity index (χ2v) is 3.83. The van der Waals surface area contributed by atoms with Crippen molar-refractivity contribution >= 4 is 0 Å². The summed E-state index contributed by atoms with van der Waals surface area (Å²) < 4.78 is 31.4. The van der Waals surface area contributed by atoms with Crippen LogP contribution in [0.2, 0.25) is 0 Å². The number of benzene rings is 2. The molecule has 2 aromatic carbocycles. The van der Waals surface area contributed by atoms with Crippen molar-refractivity contribution < 1.29 is 13.5 Å². The molecule has 0 saturated heterocycles. The zero-order valence-corrected chi connectivity index (χ0v) is 9.41. The van der Waals surface area contributed by atoms with Crippen molar-refractivity contribution in [2.75, 3.05) is 0 Å². The Balaban J connectivity index is 2.05. The highest BCUT2D eigenvalue weighted by molar-refractivity contribution is 5.29. The molecule has 0 fully saturated rings. The van der Waals surface area contributed by atoms with Crippen molar-refractivity contribution in [2.24, 2.45) is 0 Å². The summed E-state index contributed by atoms with van der Waals surface area (Å²) in [4.78, 5) is 0. The van der Waals surface area contributed by atoms with Gasteiger partial charge in [-0.3, -0.25) is 0 Å². The van der Waals surface area contributed by atoms with E-state index in [4.69, 9.17) is 4.74 Å². The van der Waals surface area contributed by atoms with E-state index in [9.17, 15) is 8.78 Å². The maximum absolute atomic E-state index is 13.0. The van der Waals surface area contributed by atoms with E-state index in [1.807, 2.05) is 0 Å². The van der Waals surface area contributed by atoms with Gasteiger partial charge in [-0.05, 0) is 48.4 Å². The molecule has 88 valence electrons. The lowest BCUT2D eigenvalue weighted by Gasteiger charge is -2.07. The molecule has 0 atom stereocenters. The van der Waals surface area contributed by atoms with Crippen LogP contribution in [-0.2, 0) is 6.61 Å². The molecule has 0 aliphatic heterocycles. The van der Waals surface area contributed by atoms with Crippen molar-refractivity contribution in [3.05, 3.63) is 65.2 Å². The summed E-state index contributed by atoms with van der Waals surface area (Å²) in [7, 11) is 0. The third-order valence-electron chi connectivity index (χ3n) is 2.42. The third-order valence-corrected chi connectivity index (χ3v) is 2.42. The van der Waals surface area contributed by atoms with E-state index >= 15 is 0 Å². The molecule has 0 N–H and O–H groups in total. The van der Waals surface area contributed by atoms with Crippen LogP contribution in [0.5, 0.6) is 5.75 Å². The first-order valence-corrected chi connectivity index (χ1v) is 5.28. The van der Waals surface area contributed by atoms with Crippen molar-refractivity contribution in [1.82, 2.24) is 0 Å². The van der Waals surface area contributed by atoms with E-state index < -0.39 is 0 Å². The van der Waals surface area contributed by atoms with Gasteiger partial charge in [0.2, 0.25) is 0 Å². The van der Waals surface area contributed by atoms with Crippen LogP contribution in [-0.4, -0.2) is 0 Å². The normalized spacial score (nSPS) is 10.3. The van der Waals surface area contributed by atoms with Gasteiger partial charge in [0.25, 0.3) is 0 Å². The highest BCUT2D eigenvalue weighted by atomic mass is 19.1. The molecule has 3 heteroatoms. The molecule has 2 aromatic rings. The van der Waals surface area contributed by atoms with Crippen LogP contribution in [0, 0.1) is 18.6 Å². The maximum Gasteiger partial charge on any atom is 0.126 e. The van der Waals surface area contributed by atoms with E-state index in [1.165, 1.54) is 18.2 Å². The molecule has 0 heterocycles. The van der Waals surface area contributed by atoms with Crippen LogP contribution < -0.4 is 4.74 Å². The summed E-state index contributed by atoms with van der Waals surface area (Å²) >= 11 is 0. The lowest BCUT2D eigenvalue weighted by Crippen LogP contribution is -1.96. The third kappa shape index (κ3) is 3.03. The number of hydrogen-bond acceptors (Lipinski definition) is 1. The Labute approximate surface area is 98.7 Å². The van der Waals surface area contributed by atoms with Gasteiger partial charge in [-0.1, -0.05) is 12.1 Å². The minimum Gasteiger partial charge on any atom is -0.489 e. The predicted molar refractivity (Wildman–Crippen MR) is 61.9 cm³/mol. The molecular formula is C14H12F2O. The Bertz CT molecular complexity index is 523. The SMILES string of the molecule is Cc1cc(OCc2cccc(F)c2)ccc1F. The van der Waals surface area contributed by atoms with E-state index in [-0.39, 0.29) is 18.2 Å². The van der Waals surface area contributed by atoms with Gasteiger partial charge in [-0.15, -0.1) is 0 Å². The van der Waals surface area contributed by atoms with Gasteiger partial charge in [0, 0.05) is 0 Å². The smallest absolute Gasteiger partial charge is 0.126 e. The highest BCUT2D eigenvalue weighted by Crippen LogP contribution is 2.17. The minimum absolute atomic E-state index is 0.261. The highest BCUT2D eigenvalue weighted by Gasteiger charge is 2.01. The van der Waals surface area contributed by atoms with E-state index in [0.29, 0.717) is 11.3 Å². The van der Waals surface area contributed by atoms with Gasteiger partial charge in [-0.25, -0.2) is 8.78 Å². The molecule has 0 bridgehead atoms. The van der Waals surface area contributed by atoms with E-state index in [2.05, 4.69) is 0 Å². The summed E-state index contributed by atoms with van der Waals surface area (Å²) in [6.45, 7) is 1.94. The Kier molecular flexibility index (Phi) is 3.38. The van der Waals surface area contributed by atoms with Gasteiger partial charge in [0.1, 0.15) is 24.0 Å². The lowest BCUT2D eigenvalue weighted by atomic mass is 10.2. The maximum atomic E-state index is 13.0. The predicted octanol–water partition coefficient (Wildman–Crippen LogP) is 3.85.